The molecule has 0 fully saturated rings. The fourth-order valence-electron chi connectivity index (χ4n) is 4.30. The molecule has 0 spiro atoms. The highest BCUT2D eigenvalue weighted by atomic mass is 19.1. The van der Waals surface area contributed by atoms with Crippen LogP contribution < -0.4 is 10.1 Å². The van der Waals surface area contributed by atoms with Crippen LogP contribution in [0.1, 0.15) is 63.5 Å². The Morgan fingerprint density at radius 1 is 1.13 bits per heavy atom. The number of carbonyl (C=O) groups excluding carboxylic acids is 2. The van der Waals surface area contributed by atoms with Gasteiger partial charge in [0, 0.05) is 18.0 Å². The number of esters is 1. The number of aryl methyl sites for hydroxylation is 1. The van der Waals surface area contributed by atoms with Crippen LogP contribution in [0.3, 0.4) is 0 Å². The number of imidazole rings is 1. The predicted octanol–water partition coefficient (Wildman–Crippen LogP) is 6.02. The maximum Gasteiger partial charge on any atom is 0.408 e. The molecule has 0 bridgehead atoms. The molecule has 0 radical (unpaired) electrons. The van der Waals surface area contributed by atoms with Crippen molar-refractivity contribution < 1.29 is 28.2 Å². The minimum absolute atomic E-state index is 0.267. The number of aromatic nitrogens is 3. The van der Waals surface area contributed by atoms with E-state index in [0.29, 0.717) is 44.8 Å². The van der Waals surface area contributed by atoms with Crippen LogP contribution in [0.4, 0.5) is 9.18 Å². The minimum atomic E-state index is -0.662. The van der Waals surface area contributed by atoms with Crippen molar-refractivity contribution >= 4 is 34.0 Å². The molecule has 4 aromatic rings. The second-order valence-corrected chi connectivity index (χ2v) is 10.5. The van der Waals surface area contributed by atoms with Crippen molar-refractivity contribution in [3.8, 4) is 17.3 Å². The van der Waals surface area contributed by atoms with Crippen LogP contribution in [0.5, 0.6) is 5.75 Å². The Balaban J connectivity index is 1.72. The molecule has 0 saturated carbocycles. The topological polar surface area (TPSA) is 107 Å². The molecule has 9 nitrogen and oxygen atoms in total. The average Bonchev–Trinajstić information content (AvgIpc) is 3.38. The molecular weight excluding hydrogens is 491 g/mol. The Hall–Kier alpha value is -4.08. The number of nitrogens with zero attached hydrogens (tertiary/aromatic N) is 2. The Bertz CT molecular complexity index is 1530. The van der Waals surface area contributed by atoms with E-state index >= 15 is 4.39 Å². The number of hydrogen-bond acceptors (Lipinski definition) is 6. The van der Waals surface area contributed by atoms with Crippen molar-refractivity contribution in [2.45, 2.75) is 59.3 Å². The zero-order valence-electron chi connectivity index (χ0n) is 22.9. The van der Waals surface area contributed by atoms with E-state index in [2.05, 4.69) is 10.3 Å². The average molecular weight is 525 g/mol. The summed E-state index contributed by atoms with van der Waals surface area (Å²) in [5, 5.41) is 3.32. The Morgan fingerprint density at radius 2 is 1.84 bits per heavy atom. The fraction of sp³-hybridized carbons (Fsp3) is 0.393. The number of rotatable bonds is 6. The number of hydrogen-bond donors (Lipinski definition) is 2. The highest BCUT2D eigenvalue weighted by molar-refractivity contribution is 5.97. The van der Waals surface area contributed by atoms with Crippen LogP contribution in [-0.2, 0) is 16.5 Å². The van der Waals surface area contributed by atoms with Crippen molar-refractivity contribution in [1.82, 2.24) is 19.9 Å². The summed E-state index contributed by atoms with van der Waals surface area (Å²) >= 11 is 0. The van der Waals surface area contributed by atoms with E-state index in [1.165, 1.54) is 7.11 Å². The van der Waals surface area contributed by atoms with Gasteiger partial charge in [0.05, 0.1) is 41.5 Å². The van der Waals surface area contributed by atoms with Crippen molar-refractivity contribution in [1.29, 1.82) is 0 Å². The lowest BCUT2D eigenvalue weighted by Crippen LogP contribution is -2.34. The van der Waals surface area contributed by atoms with E-state index in [0.717, 1.165) is 0 Å². The van der Waals surface area contributed by atoms with Crippen molar-refractivity contribution in [3.05, 3.63) is 47.3 Å². The van der Waals surface area contributed by atoms with E-state index in [-0.39, 0.29) is 11.6 Å². The molecule has 202 valence electrons. The highest BCUT2D eigenvalue weighted by Gasteiger charge is 2.23. The molecule has 1 amide bonds. The molecule has 2 aromatic heterocycles. The van der Waals surface area contributed by atoms with Gasteiger partial charge in [-0.1, -0.05) is 12.1 Å². The molecule has 2 aromatic carbocycles. The van der Waals surface area contributed by atoms with Gasteiger partial charge in [-0.2, -0.15) is 0 Å². The summed E-state index contributed by atoms with van der Waals surface area (Å²) < 4.78 is 33.6. The first kappa shape index (κ1) is 27.0. The number of aromatic amines is 1. The first-order chi connectivity index (χ1) is 17.8. The van der Waals surface area contributed by atoms with Gasteiger partial charge in [-0.05, 0) is 59.7 Å². The third kappa shape index (κ3) is 5.29. The van der Waals surface area contributed by atoms with Crippen molar-refractivity contribution in [3.63, 3.8) is 0 Å². The summed E-state index contributed by atoms with van der Waals surface area (Å²) in [6, 6.07) is 7.87. The number of ether oxygens (including phenoxy) is 3. The Morgan fingerprint density at radius 3 is 2.47 bits per heavy atom. The number of H-pyrrole nitrogens is 1. The number of alkyl carbamates (subject to hydrolysis) is 1. The third-order valence-electron chi connectivity index (χ3n) is 5.94. The zero-order valence-corrected chi connectivity index (χ0v) is 22.9. The van der Waals surface area contributed by atoms with Gasteiger partial charge in [0.2, 0.25) is 0 Å². The number of halogens is 1. The minimum Gasteiger partial charge on any atom is -0.494 e. The molecule has 0 aliphatic heterocycles. The van der Waals surface area contributed by atoms with E-state index < -0.39 is 29.5 Å². The number of nitrogens with one attached hydrogen (secondary N) is 2. The summed E-state index contributed by atoms with van der Waals surface area (Å²) in [5.41, 5.74) is 2.06. The van der Waals surface area contributed by atoms with E-state index in [9.17, 15) is 9.59 Å². The van der Waals surface area contributed by atoms with Gasteiger partial charge in [-0.3, -0.25) is 0 Å². The molecule has 1 unspecified atom stereocenters. The molecule has 2 heterocycles. The normalized spacial score (nSPS) is 12.7. The number of fused-ring (bicyclic) bond motifs is 2. The smallest absolute Gasteiger partial charge is 0.408 e. The Labute approximate surface area is 220 Å². The van der Waals surface area contributed by atoms with Gasteiger partial charge < -0.3 is 29.1 Å². The fourth-order valence-corrected chi connectivity index (χ4v) is 4.30. The zero-order chi connectivity index (χ0) is 27.9. The lowest BCUT2D eigenvalue weighted by molar-refractivity contribution is 0.0376. The monoisotopic (exact) mass is 524 g/mol. The van der Waals surface area contributed by atoms with Crippen LogP contribution in [0, 0.1) is 5.82 Å². The maximum atomic E-state index is 15.6. The first-order valence-electron chi connectivity index (χ1n) is 12.4. The SMILES string of the molecule is COc1cc(C(=O)OC(C)C)cc2nc(-c3cc4ccc(C(C)NC(=O)OC(C)(C)C)c(F)c4[nH]3)n(C)c12. The standard InChI is InChI=1S/C28H33FN4O5/c1-14(2)37-26(34)17-12-19-24(21(13-17)36-8)33(7)25(32-19)20-11-16-9-10-18(22(29)23(16)31-20)15(3)30-27(35)38-28(4,5)6/h9-15,31H,1-8H3,(H,30,35). The molecular formula is C28H33FN4O5. The molecule has 10 heteroatoms. The molecule has 4 rings (SSSR count). The van der Waals surface area contributed by atoms with Gasteiger partial charge >= 0.3 is 12.1 Å². The van der Waals surface area contributed by atoms with Gasteiger partial charge in [0.1, 0.15) is 16.9 Å². The van der Waals surface area contributed by atoms with Crippen LogP contribution in [-0.4, -0.2) is 45.4 Å². The van der Waals surface area contributed by atoms with Gasteiger partial charge in [0.25, 0.3) is 0 Å². The maximum absolute atomic E-state index is 15.6. The summed E-state index contributed by atoms with van der Waals surface area (Å²) in [4.78, 5) is 32.5. The largest absolute Gasteiger partial charge is 0.494 e. The third-order valence-corrected chi connectivity index (χ3v) is 5.94. The predicted molar refractivity (Wildman–Crippen MR) is 143 cm³/mol. The molecule has 0 aliphatic carbocycles. The molecule has 38 heavy (non-hydrogen) atoms. The first-order valence-corrected chi connectivity index (χ1v) is 12.4. The highest BCUT2D eigenvalue weighted by Crippen LogP contribution is 2.34. The van der Waals surface area contributed by atoms with Crippen molar-refractivity contribution in [2.75, 3.05) is 7.11 Å². The van der Waals surface area contributed by atoms with E-state index in [4.69, 9.17) is 19.2 Å². The summed E-state index contributed by atoms with van der Waals surface area (Å²) in [6.45, 7) is 10.5. The second kappa shape index (κ2) is 10.00. The van der Waals surface area contributed by atoms with E-state index in [1.54, 1.807) is 71.9 Å². The Kier molecular flexibility index (Phi) is 7.10. The molecule has 0 aliphatic rings. The summed E-state index contributed by atoms with van der Waals surface area (Å²) in [7, 11) is 3.34. The van der Waals surface area contributed by atoms with E-state index in [1.807, 2.05) is 11.6 Å². The van der Waals surface area contributed by atoms with Gasteiger partial charge in [0.15, 0.2) is 11.6 Å². The summed E-state index contributed by atoms with van der Waals surface area (Å²) in [6.07, 6.45) is -0.890. The quantitative estimate of drug-likeness (QED) is 0.299. The van der Waals surface area contributed by atoms with Crippen molar-refractivity contribution in [2.24, 2.45) is 7.05 Å². The number of amides is 1. The second-order valence-electron chi connectivity index (χ2n) is 10.5. The van der Waals surface area contributed by atoms with Crippen LogP contribution in [0.25, 0.3) is 33.5 Å². The number of benzene rings is 2. The molecule has 0 saturated heterocycles. The molecule has 2 N–H and O–H groups in total. The van der Waals surface area contributed by atoms with Crippen LogP contribution in [0.15, 0.2) is 30.3 Å². The lowest BCUT2D eigenvalue weighted by atomic mass is 10.1. The lowest BCUT2D eigenvalue weighted by Gasteiger charge is -2.22. The van der Waals surface area contributed by atoms with Gasteiger partial charge in [-0.15, -0.1) is 0 Å². The number of methoxy groups -OCH3 is 1. The number of carbonyl (C=O) groups is 2. The summed E-state index contributed by atoms with van der Waals surface area (Å²) in [5.74, 6) is 0.0462. The van der Waals surface area contributed by atoms with Crippen LogP contribution in [0.2, 0.25) is 0 Å². The van der Waals surface area contributed by atoms with Gasteiger partial charge in [-0.25, -0.2) is 19.0 Å². The van der Waals surface area contributed by atoms with Crippen LogP contribution >= 0.6 is 0 Å². The molecule has 1 atom stereocenters.